The number of halogens is 4. The van der Waals surface area contributed by atoms with Crippen LogP contribution in [0.25, 0.3) is 0 Å². The summed E-state index contributed by atoms with van der Waals surface area (Å²) in [5.74, 6) is -1.16. The lowest BCUT2D eigenvalue weighted by Crippen LogP contribution is -2.46. The molecule has 7 nitrogen and oxygen atoms in total. The third kappa shape index (κ3) is 7.01. The topological polar surface area (TPSA) is 78.3 Å². The van der Waals surface area contributed by atoms with Crippen LogP contribution < -0.4 is 5.56 Å². The number of amides is 1. The Morgan fingerprint density at radius 3 is 2.27 bits per heavy atom. The molecule has 3 aromatic rings. The number of benzene rings is 2. The monoisotopic (exact) mass is 520 g/mol. The fraction of sp³-hybridized carbons (Fsp3) is 0.346. The number of carbonyl (C=O) groups excluding carboxylic acids is 1. The highest BCUT2D eigenvalue weighted by atomic mass is 19.4. The molecule has 1 heterocycles. The predicted molar refractivity (Wildman–Crippen MR) is 130 cm³/mol. The van der Waals surface area contributed by atoms with E-state index in [1.54, 1.807) is 37.3 Å². The van der Waals surface area contributed by atoms with Crippen LogP contribution in [-0.2, 0) is 12.7 Å². The largest absolute Gasteiger partial charge is 0.633 e. The number of rotatable bonds is 9. The first kappa shape index (κ1) is 28.0. The summed E-state index contributed by atoms with van der Waals surface area (Å²) < 4.78 is 54.4. The molecule has 198 valence electrons. The number of carbonyl (C=O) groups is 1. The Morgan fingerprint density at radius 1 is 1.11 bits per heavy atom. The van der Waals surface area contributed by atoms with Crippen molar-refractivity contribution >= 4 is 5.91 Å². The van der Waals surface area contributed by atoms with Crippen LogP contribution in [0.4, 0.5) is 17.6 Å². The lowest BCUT2D eigenvalue weighted by atomic mass is 10.1. The van der Waals surface area contributed by atoms with Gasteiger partial charge in [-0.2, -0.15) is 13.2 Å². The lowest BCUT2D eigenvalue weighted by Gasteiger charge is -2.38. The summed E-state index contributed by atoms with van der Waals surface area (Å²) in [7, 11) is 2.78. The quantitative estimate of drug-likeness (QED) is 0.234. The highest BCUT2D eigenvalue weighted by Gasteiger charge is 2.37. The van der Waals surface area contributed by atoms with E-state index in [0.717, 1.165) is 16.7 Å². The number of aromatic nitrogens is 2. The van der Waals surface area contributed by atoms with E-state index >= 15 is 0 Å². The molecule has 1 unspecified atom stereocenters. The first-order valence-corrected chi connectivity index (χ1v) is 11.6. The summed E-state index contributed by atoms with van der Waals surface area (Å²) in [5, 5.41) is 12.3. The summed E-state index contributed by atoms with van der Waals surface area (Å²) in [6.07, 6.45) is -4.25. The zero-order valence-electron chi connectivity index (χ0n) is 20.7. The average molecular weight is 521 g/mol. The lowest BCUT2D eigenvalue weighted by molar-refractivity contribution is -0.839. The second-order valence-corrected chi connectivity index (χ2v) is 9.13. The van der Waals surface area contributed by atoms with E-state index < -0.39 is 39.7 Å². The van der Waals surface area contributed by atoms with Crippen molar-refractivity contribution in [3.63, 3.8) is 0 Å². The molecule has 0 saturated heterocycles. The van der Waals surface area contributed by atoms with Gasteiger partial charge in [-0.05, 0) is 36.2 Å². The molecule has 1 amide bonds. The number of quaternary nitrogens is 1. The highest BCUT2D eigenvalue weighted by Crippen LogP contribution is 2.29. The number of hydroxylamine groups is 3. The maximum absolute atomic E-state index is 13.6. The van der Waals surface area contributed by atoms with Gasteiger partial charge in [-0.15, -0.1) is 0 Å². The van der Waals surface area contributed by atoms with Crippen molar-refractivity contribution in [3.8, 4) is 0 Å². The minimum absolute atomic E-state index is 0.0347. The number of nitrogens with zero attached hydrogens (tertiary/aromatic N) is 4. The fourth-order valence-electron chi connectivity index (χ4n) is 3.93. The van der Waals surface area contributed by atoms with Crippen LogP contribution in [0, 0.1) is 11.0 Å². The summed E-state index contributed by atoms with van der Waals surface area (Å²) >= 11 is 0. The Morgan fingerprint density at radius 2 is 1.73 bits per heavy atom. The van der Waals surface area contributed by atoms with Crippen LogP contribution >= 0.6 is 0 Å². The third-order valence-corrected chi connectivity index (χ3v) is 5.86. The number of alkyl halides is 3. The second kappa shape index (κ2) is 11.2. The molecule has 0 aliphatic rings. The van der Waals surface area contributed by atoms with Crippen molar-refractivity contribution in [1.82, 2.24) is 14.5 Å². The molecule has 3 rings (SSSR count). The summed E-state index contributed by atoms with van der Waals surface area (Å²) in [4.78, 5) is 32.0. The van der Waals surface area contributed by atoms with Gasteiger partial charge in [0.1, 0.15) is 17.2 Å². The smallest absolute Gasteiger partial charge is 0.423 e. The molecule has 0 spiro atoms. The molecule has 2 aromatic carbocycles. The number of hydrogen-bond donors (Lipinski definition) is 0. The third-order valence-electron chi connectivity index (χ3n) is 5.86. The highest BCUT2D eigenvalue weighted by molar-refractivity contribution is 5.94. The van der Waals surface area contributed by atoms with Crippen LogP contribution in [0.15, 0.2) is 65.6 Å². The van der Waals surface area contributed by atoms with E-state index in [9.17, 15) is 32.4 Å². The van der Waals surface area contributed by atoms with E-state index in [1.165, 1.54) is 31.1 Å². The van der Waals surface area contributed by atoms with E-state index in [2.05, 4.69) is 4.98 Å². The molecule has 11 heteroatoms. The van der Waals surface area contributed by atoms with Gasteiger partial charge in [0, 0.05) is 11.8 Å². The van der Waals surface area contributed by atoms with E-state index in [-0.39, 0.29) is 37.4 Å². The predicted octanol–water partition coefficient (Wildman–Crippen LogP) is 4.62. The molecule has 0 aliphatic heterocycles. The van der Waals surface area contributed by atoms with Crippen LogP contribution in [0.3, 0.4) is 0 Å². The Kier molecular flexibility index (Phi) is 8.49. The molecule has 37 heavy (non-hydrogen) atoms. The summed E-state index contributed by atoms with van der Waals surface area (Å²) in [5.41, 5.74) is -2.01. The Hall–Kier alpha value is -3.57. The van der Waals surface area contributed by atoms with Crippen molar-refractivity contribution < 1.29 is 27.0 Å². The van der Waals surface area contributed by atoms with Crippen LogP contribution in [0.1, 0.15) is 46.7 Å². The standard InChI is InChI=1S/C26H28F4N4O3/c1-4-22(32(14-15-34(2,3)37)24(35)19-10-12-20(27)13-11-19)23-31-16-21(26(28,29)30)25(36)33(23)17-18-8-6-5-7-9-18/h5-13,16,22H,4,14-15,17H2,1-3H3. The summed E-state index contributed by atoms with van der Waals surface area (Å²) in [6, 6.07) is 12.3. The SMILES string of the molecule is CCC(c1ncc(C(F)(F)F)c(=O)n1Cc1ccccc1)N(CC[N+](C)(C)[O-])C(=O)c1ccc(F)cc1. The zero-order valence-corrected chi connectivity index (χ0v) is 20.7. The normalized spacial score (nSPS) is 12.9. The van der Waals surface area contributed by atoms with Crippen LogP contribution in [0.2, 0.25) is 0 Å². The van der Waals surface area contributed by atoms with Crippen molar-refractivity contribution in [2.24, 2.45) is 0 Å². The molecule has 0 radical (unpaired) electrons. The van der Waals surface area contributed by atoms with Crippen molar-refractivity contribution in [2.75, 3.05) is 27.2 Å². The maximum Gasteiger partial charge on any atom is 0.423 e. The van der Waals surface area contributed by atoms with Gasteiger partial charge < -0.3 is 14.8 Å². The molecule has 0 fully saturated rings. The van der Waals surface area contributed by atoms with E-state index in [0.29, 0.717) is 11.8 Å². The molecule has 0 bridgehead atoms. The van der Waals surface area contributed by atoms with Gasteiger partial charge in [-0.1, -0.05) is 37.3 Å². The van der Waals surface area contributed by atoms with Crippen molar-refractivity contribution in [3.05, 3.63) is 105 Å². The fourth-order valence-corrected chi connectivity index (χ4v) is 3.93. The van der Waals surface area contributed by atoms with Gasteiger partial charge in [0.25, 0.3) is 11.5 Å². The summed E-state index contributed by atoms with van der Waals surface area (Å²) in [6.45, 7) is 1.38. The van der Waals surface area contributed by atoms with Gasteiger partial charge in [0.05, 0.1) is 39.8 Å². The number of hydrogen-bond acceptors (Lipinski definition) is 4. The molecule has 0 N–H and O–H groups in total. The zero-order chi connectivity index (χ0) is 27.4. The Balaban J connectivity index is 2.17. The minimum Gasteiger partial charge on any atom is -0.633 e. The minimum atomic E-state index is -4.92. The first-order chi connectivity index (χ1) is 17.3. The number of likely N-dealkylation sites (N-methyl/N-ethyl adjacent to an activating group) is 1. The van der Waals surface area contributed by atoms with Crippen molar-refractivity contribution in [2.45, 2.75) is 32.1 Å². The van der Waals surface area contributed by atoms with Crippen LogP contribution in [0.5, 0.6) is 0 Å². The molecule has 0 aliphatic carbocycles. The molecule has 0 saturated carbocycles. The molecular formula is C26H28F4N4O3. The van der Waals surface area contributed by atoms with E-state index in [1.807, 2.05) is 0 Å². The Labute approximate surface area is 211 Å². The maximum atomic E-state index is 13.6. The van der Waals surface area contributed by atoms with Crippen molar-refractivity contribution in [1.29, 1.82) is 0 Å². The van der Waals surface area contributed by atoms with E-state index in [4.69, 9.17) is 0 Å². The van der Waals surface area contributed by atoms with Gasteiger partial charge >= 0.3 is 6.18 Å². The second-order valence-electron chi connectivity index (χ2n) is 9.13. The van der Waals surface area contributed by atoms with Gasteiger partial charge in [-0.25, -0.2) is 9.37 Å². The molecule has 1 aromatic heterocycles. The average Bonchev–Trinajstić information content (AvgIpc) is 2.82. The first-order valence-electron chi connectivity index (χ1n) is 11.6. The molecular weight excluding hydrogens is 492 g/mol. The van der Waals surface area contributed by atoms with Gasteiger partial charge in [0.2, 0.25) is 0 Å². The Bertz CT molecular complexity index is 1270. The van der Waals surface area contributed by atoms with Gasteiger partial charge in [-0.3, -0.25) is 14.2 Å². The van der Waals surface area contributed by atoms with Gasteiger partial charge in [0.15, 0.2) is 0 Å². The molecule has 1 atom stereocenters. The van der Waals surface area contributed by atoms with Crippen LogP contribution in [-0.4, -0.2) is 52.2 Å².